The molecule has 0 saturated heterocycles. The quantitative estimate of drug-likeness (QED) is 0.307. The first-order valence-corrected chi connectivity index (χ1v) is 10.8. The van der Waals surface area contributed by atoms with Gasteiger partial charge in [-0.05, 0) is 39.5 Å². The zero-order valence-corrected chi connectivity index (χ0v) is 18.4. The van der Waals surface area contributed by atoms with Gasteiger partial charge in [0, 0.05) is 18.9 Å². The lowest BCUT2D eigenvalue weighted by molar-refractivity contribution is -0.145. The van der Waals surface area contributed by atoms with Crippen LogP contribution in [-0.4, -0.2) is 19.2 Å². The van der Waals surface area contributed by atoms with E-state index in [2.05, 4.69) is 0 Å². The van der Waals surface area contributed by atoms with Gasteiger partial charge in [-0.1, -0.05) is 45.4 Å². The second-order valence-electron chi connectivity index (χ2n) is 7.63. The summed E-state index contributed by atoms with van der Waals surface area (Å²) in [4.78, 5) is 23.4. The molecule has 160 valence electrons. The van der Waals surface area contributed by atoms with E-state index in [-0.39, 0.29) is 17.5 Å². The summed E-state index contributed by atoms with van der Waals surface area (Å²) in [7, 11) is 1.56. The highest BCUT2D eigenvalue weighted by Crippen LogP contribution is 2.22. The molecule has 0 radical (unpaired) electrons. The summed E-state index contributed by atoms with van der Waals surface area (Å²) in [5, 5.41) is 0. The molecule has 0 amide bonds. The molecule has 0 spiro atoms. The van der Waals surface area contributed by atoms with Crippen molar-refractivity contribution < 1.29 is 18.7 Å². The number of hydrogen-bond donors (Lipinski definition) is 0. The molecule has 28 heavy (non-hydrogen) atoms. The van der Waals surface area contributed by atoms with Gasteiger partial charge in [-0.2, -0.15) is 0 Å². The summed E-state index contributed by atoms with van der Waals surface area (Å²) in [6.45, 7) is 7.31. The first kappa shape index (κ1) is 24.3. The fraction of sp³-hybridized carbons (Fsp3) is 0.739. The molecule has 1 aromatic rings. The lowest BCUT2D eigenvalue weighted by atomic mass is 10.0. The minimum atomic E-state index is -0.198. The Morgan fingerprint density at radius 2 is 1.64 bits per heavy atom. The van der Waals surface area contributed by atoms with E-state index in [1.807, 2.05) is 20.8 Å². The molecule has 0 N–H and O–H groups in total. The highest BCUT2D eigenvalue weighted by molar-refractivity contribution is 5.66. The Morgan fingerprint density at radius 3 is 2.21 bits per heavy atom. The molecule has 1 aromatic heterocycles. The molecule has 0 fully saturated rings. The van der Waals surface area contributed by atoms with Crippen molar-refractivity contribution in [2.75, 3.05) is 7.11 Å². The molecule has 5 heteroatoms. The molecule has 1 rings (SSSR count). The van der Waals surface area contributed by atoms with E-state index in [1.54, 1.807) is 7.11 Å². The second kappa shape index (κ2) is 13.4. The standard InChI is InChI=1S/C23H38O5/c1-6-14-20-22(25)18(3)21(28-23(20)26-5)16-13-11-9-7-8-10-12-15-17(2)27-19(4)24/h17H,6-16H2,1-5H3. The van der Waals surface area contributed by atoms with Crippen LogP contribution in [-0.2, 0) is 22.4 Å². The summed E-state index contributed by atoms with van der Waals surface area (Å²) in [6, 6.07) is 0. The van der Waals surface area contributed by atoms with Crippen LogP contribution in [0.5, 0.6) is 5.95 Å². The summed E-state index contributed by atoms with van der Waals surface area (Å²) in [5.41, 5.74) is 1.46. The minimum absolute atomic E-state index is 0.0242. The number of rotatable bonds is 14. The lowest BCUT2D eigenvalue weighted by Crippen LogP contribution is -2.16. The van der Waals surface area contributed by atoms with Crippen molar-refractivity contribution >= 4 is 5.97 Å². The third-order valence-corrected chi connectivity index (χ3v) is 5.06. The van der Waals surface area contributed by atoms with Crippen molar-refractivity contribution in [1.29, 1.82) is 0 Å². The van der Waals surface area contributed by atoms with Crippen LogP contribution in [0.3, 0.4) is 0 Å². The number of methoxy groups -OCH3 is 1. The normalized spacial score (nSPS) is 12.0. The highest BCUT2D eigenvalue weighted by Gasteiger charge is 2.16. The van der Waals surface area contributed by atoms with Gasteiger partial charge in [0.1, 0.15) is 5.76 Å². The minimum Gasteiger partial charge on any atom is -0.468 e. The lowest BCUT2D eigenvalue weighted by Gasteiger charge is -2.11. The largest absolute Gasteiger partial charge is 0.468 e. The number of ether oxygens (including phenoxy) is 2. The average Bonchev–Trinajstić information content (AvgIpc) is 2.65. The Labute approximate surface area is 169 Å². The molecule has 1 unspecified atom stereocenters. The number of aryl methyl sites for hydroxylation is 1. The van der Waals surface area contributed by atoms with E-state index in [1.165, 1.54) is 32.6 Å². The highest BCUT2D eigenvalue weighted by atomic mass is 16.6. The molecule has 1 atom stereocenters. The van der Waals surface area contributed by atoms with E-state index < -0.39 is 0 Å². The van der Waals surface area contributed by atoms with Gasteiger partial charge in [0.15, 0.2) is 5.43 Å². The van der Waals surface area contributed by atoms with Gasteiger partial charge in [0.25, 0.3) is 5.95 Å². The van der Waals surface area contributed by atoms with Crippen molar-refractivity contribution in [3.63, 3.8) is 0 Å². The zero-order valence-electron chi connectivity index (χ0n) is 18.4. The summed E-state index contributed by atoms with van der Waals surface area (Å²) in [5.74, 6) is 0.952. The topological polar surface area (TPSA) is 65.7 Å². The molecular formula is C23H38O5. The monoisotopic (exact) mass is 394 g/mol. The average molecular weight is 395 g/mol. The van der Waals surface area contributed by atoms with Gasteiger partial charge in [-0.15, -0.1) is 0 Å². The Kier molecular flexibility index (Phi) is 11.6. The van der Waals surface area contributed by atoms with Crippen LogP contribution < -0.4 is 10.2 Å². The van der Waals surface area contributed by atoms with Crippen LogP contribution in [0.15, 0.2) is 9.21 Å². The van der Waals surface area contributed by atoms with Crippen molar-refractivity contribution in [1.82, 2.24) is 0 Å². The fourth-order valence-corrected chi connectivity index (χ4v) is 3.51. The SMILES string of the molecule is CCCc1c(OC)oc(CCCCCCCCCC(C)OC(C)=O)c(C)c1=O. The molecule has 0 bridgehead atoms. The second-order valence-corrected chi connectivity index (χ2v) is 7.63. The summed E-state index contributed by atoms with van der Waals surface area (Å²) in [6.07, 6.45) is 11.4. The van der Waals surface area contributed by atoms with Gasteiger partial charge in [0.2, 0.25) is 0 Å². The molecule has 0 aliphatic rings. The number of carbonyl (C=O) groups is 1. The Balaban J connectivity index is 2.27. The van der Waals surface area contributed by atoms with E-state index in [4.69, 9.17) is 13.9 Å². The van der Waals surface area contributed by atoms with Gasteiger partial charge >= 0.3 is 5.97 Å². The Bertz CT molecular complexity index is 647. The van der Waals surface area contributed by atoms with Gasteiger partial charge in [-0.3, -0.25) is 9.59 Å². The van der Waals surface area contributed by atoms with E-state index in [0.717, 1.165) is 49.8 Å². The van der Waals surface area contributed by atoms with Gasteiger partial charge in [0.05, 0.1) is 18.8 Å². The van der Waals surface area contributed by atoms with Crippen molar-refractivity contribution in [3.8, 4) is 5.95 Å². The molecule has 5 nitrogen and oxygen atoms in total. The maximum Gasteiger partial charge on any atom is 0.302 e. The number of carbonyl (C=O) groups excluding carboxylic acids is 1. The molecule has 0 aliphatic heterocycles. The first-order chi connectivity index (χ1) is 13.4. The van der Waals surface area contributed by atoms with Crippen LogP contribution >= 0.6 is 0 Å². The molecule has 0 aliphatic carbocycles. The third kappa shape index (κ3) is 8.49. The summed E-state index contributed by atoms with van der Waals surface area (Å²) < 4.78 is 16.3. The number of esters is 1. The fourth-order valence-electron chi connectivity index (χ4n) is 3.51. The van der Waals surface area contributed by atoms with Crippen LogP contribution in [0.25, 0.3) is 0 Å². The summed E-state index contributed by atoms with van der Waals surface area (Å²) >= 11 is 0. The Morgan fingerprint density at radius 1 is 1.04 bits per heavy atom. The molecule has 0 aromatic carbocycles. The third-order valence-electron chi connectivity index (χ3n) is 5.06. The van der Waals surface area contributed by atoms with Crippen molar-refractivity contribution in [3.05, 3.63) is 27.1 Å². The zero-order chi connectivity index (χ0) is 20.9. The number of hydrogen-bond acceptors (Lipinski definition) is 5. The maximum absolute atomic E-state index is 12.5. The molecular weight excluding hydrogens is 356 g/mol. The van der Waals surface area contributed by atoms with Crippen molar-refractivity contribution in [2.45, 2.75) is 104 Å². The van der Waals surface area contributed by atoms with Gasteiger partial charge < -0.3 is 13.9 Å². The molecule has 0 saturated carbocycles. The number of unbranched alkanes of at least 4 members (excludes halogenated alkanes) is 6. The van der Waals surface area contributed by atoms with Crippen LogP contribution in [0.4, 0.5) is 0 Å². The van der Waals surface area contributed by atoms with E-state index in [9.17, 15) is 9.59 Å². The predicted molar refractivity (Wildman–Crippen MR) is 112 cm³/mol. The van der Waals surface area contributed by atoms with Crippen LogP contribution in [0, 0.1) is 6.92 Å². The molecule has 1 heterocycles. The van der Waals surface area contributed by atoms with Crippen LogP contribution in [0.2, 0.25) is 0 Å². The van der Waals surface area contributed by atoms with Crippen LogP contribution in [0.1, 0.15) is 95.4 Å². The first-order valence-electron chi connectivity index (χ1n) is 10.8. The predicted octanol–water partition coefficient (Wildman–Crippen LogP) is 5.52. The maximum atomic E-state index is 12.5. The Hall–Kier alpha value is -1.78. The van der Waals surface area contributed by atoms with E-state index in [0.29, 0.717) is 17.9 Å². The van der Waals surface area contributed by atoms with E-state index >= 15 is 0 Å². The van der Waals surface area contributed by atoms with Gasteiger partial charge in [-0.25, -0.2) is 0 Å². The smallest absolute Gasteiger partial charge is 0.302 e. The van der Waals surface area contributed by atoms with Crippen molar-refractivity contribution in [2.24, 2.45) is 0 Å².